The number of piperidine rings is 1. The van der Waals surface area contributed by atoms with E-state index in [9.17, 15) is 13.2 Å². The molecule has 7 nitrogen and oxygen atoms in total. The van der Waals surface area contributed by atoms with E-state index in [1.807, 2.05) is 54.2 Å². The molecule has 0 radical (unpaired) electrons. The van der Waals surface area contributed by atoms with Gasteiger partial charge in [-0.25, -0.2) is 12.7 Å². The normalized spacial score (nSPS) is 15.3. The number of aromatic nitrogens is 2. The Morgan fingerprint density at radius 2 is 1.74 bits per heavy atom. The molecule has 0 N–H and O–H groups in total. The molecule has 2 heterocycles. The Labute approximate surface area is 207 Å². The molecule has 1 fully saturated rings. The number of hydrogen-bond donors (Lipinski definition) is 0. The van der Waals surface area contributed by atoms with E-state index in [1.165, 1.54) is 16.1 Å². The second-order valence-electron chi connectivity index (χ2n) is 9.15. The second-order valence-corrected chi connectivity index (χ2v) is 11.2. The van der Waals surface area contributed by atoms with E-state index in [4.69, 9.17) is 5.10 Å². The van der Waals surface area contributed by atoms with Crippen molar-refractivity contribution in [1.82, 2.24) is 19.0 Å². The molecule has 1 aromatic heterocycles. The lowest BCUT2D eigenvalue weighted by Crippen LogP contribution is -2.46. The molecule has 8 heteroatoms. The van der Waals surface area contributed by atoms with Crippen molar-refractivity contribution in [2.45, 2.75) is 32.4 Å². The fourth-order valence-electron chi connectivity index (χ4n) is 4.33. The van der Waals surface area contributed by atoms with Gasteiger partial charge in [0.15, 0.2) is 0 Å². The summed E-state index contributed by atoms with van der Waals surface area (Å²) in [6.07, 6.45) is 7.89. The lowest BCUT2D eigenvalue weighted by Gasteiger charge is -2.35. The maximum absolute atomic E-state index is 12.9. The Bertz CT molecular complexity index is 1290. The van der Waals surface area contributed by atoms with Gasteiger partial charge in [-0.3, -0.25) is 9.48 Å². The van der Waals surface area contributed by atoms with E-state index in [0.29, 0.717) is 32.5 Å². The largest absolute Gasteiger partial charge is 0.339 e. The molecule has 0 aliphatic carbocycles. The van der Waals surface area contributed by atoms with Gasteiger partial charge in [-0.1, -0.05) is 60.2 Å². The number of benzene rings is 2. The van der Waals surface area contributed by atoms with Crippen LogP contribution in [0.3, 0.4) is 0 Å². The average Bonchev–Trinajstić information content (AvgIpc) is 3.25. The zero-order valence-electron chi connectivity index (χ0n) is 20.5. The molecule has 0 bridgehead atoms. The van der Waals surface area contributed by atoms with Crippen LogP contribution in [0.25, 0.3) is 17.3 Å². The van der Waals surface area contributed by atoms with E-state index < -0.39 is 10.0 Å². The highest BCUT2D eigenvalue weighted by Crippen LogP contribution is 2.25. The first-order chi connectivity index (χ1) is 16.7. The molecule has 3 aromatic rings. The molecular weight excluding hydrogens is 460 g/mol. The van der Waals surface area contributed by atoms with Crippen molar-refractivity contribution >= 4 is 22.0 Å². The van der Waals surface area contributed by atoms with Gasteiger partial charge in [0.2, 0.25) is 15.9 Å². The van der Waals surface area contributed by atoms with Crippen molar-refractivity contribution in [2.24, 2.45) is 0 Å². The van der Waals surface area contributed by atoms with E-state index in [2.05, 4.69) is 24.3 Å². The van der Waals surface area contributed by atoms with Crippen LogP contribution in [0.5, 0.6) is 0 Å². The molecule has 1 amide bonds. The van der Waals surface area contributed by atoms with Crippen molar-refractivity contribution < 1.29 is 13.2 Å². The smallest absolute Gasteiger partial charge is 0.246 e. The fourth-order valence-corrected chi connectivity index (χ4v) is 5.09. The summed E-state index contributed by atoms with van der Waals surface area (Å²) >= 11 is 0. The summed E-state index contributed by atoms with van der Waals surface area (Å²) in [6.45, 7) is 3.76. The molecule has 0 spiro atoms. The van der Waals surface area contributed by atoms with Gasteiger partial charge in [-0.15, -0.1) is 0 Å². The van der Waals surface area contributed by atoms with Gasteiger partial charge < -0.3 is 4.90 Å². The molecule has 1 saturated heterocycles. The Hall–Kier alpha value is -3.23. The lowest BCUT2D eigenvalue weighted by molar-refractivity contribution is -0.127. The van der Waals surface area contributed by atoms with Gasteiger partial charge in [-0.2, -0.15) is 5.10 Å². The minimum atomic E-state index is -3.23. The van der Waals surface area contributed by atoms with Crippen LogP contribution >= 0.6 is 0 Å². The van der Waals surface area contributed by atoms with Gasteiger partial charge in [0, 0.05) is 49.6 Å². The summed E-state index contributed by atoms with van der Waals surface area (Å²) in [5, 5.41) is 4.83. The van der Waals surface area contributed by atoms with Crippen molar-refractivity contribution in [1.29, 1.82) is 0 Å². The number of carbonyl (C=O) groups excluding carboxylic acids is 1. The number of carbonyl (C=O) groups is 1. The Kier molecular flexibility index (Phi) is 7.52. The van der Waals surface area contributed by atoms with Crippen LogP contribution in [0.15, 0.2) is 66.9 Å². The van der Waals surface area contributed by atoms with Crippen LogP contribution < -0.4 is 0 Å². The molecule has 0 saturated carbocycles. The Morgan fingerprint density at radius 3 is 2.37 bits per heavy atom. The molecule has 0 unspecified atom stereocenters. The van der Waals surface area contributed by atoms with Crippen molar-refractivity contribution in [3.8, 4) is 11.3 Å². The highest BCUT2D eigenvalue weighted by Gasteiger charge is 2.28. The quantitative estimate of drug-likeness (QED) is 0.470. The zero-order valence-corrected chi connectivity index (χ0v) is 21.3. The minimum absolute atomic E-state index is 0.0672. The van der Waals surface area contributed by atoms with Crippen molar-refractivity contribution in [3.05, 3.63) is 83.6 Å². The molecular formula is C27H32N4O3S. The monoisotopic (exact) mass is 492 g/mol. The second kappa shape index (κ2) is 10.6. The SMILES string of the molecule is Cc1ccc(-c2nn(Cc3ccccc3)cc2/C=C/C(=O)N2CCC(N(C)S(C)(=O)=O)CC2)cc1. The summed E-state index contributed by atoms with van der Waals surface area (Å²) in [5.41, 5.74) is 5.04. The highest BCUT2D eigenvalue weighted by molar-refractivity contribution is 7.88. The predicted octanol–water partition coefficient (Wildman–Crippen LogP) is 3.80. The number of aryl methyl sites for hydroxylation is 1. The van der Waals surface area contributed by atoms with Crippen LogP contribution in [0.2, 0.25) is 0 Å². The minimum Gasteiger partial charge on any atom is -0.339 e. The first kappa shape index (κ1) is 24.9. The third-order valence-corrected chi connectivity index (χ3v) is 7.87. The maximum atomic E-state index is 12.9. The Balaban J connectivity index is 1.50. The van der Waals surface area contributed by atoms with Gasteiger partial charge in [0.25, 0.3) is 0 Å². The van der Waals surface area contributed by atoms with Gasteiger partial charge >= 0.3 is 0 Å². The standard InChI is InChI=1S/C27H32N4O3S/c1-21-9-11-23(12-10-21)27-24(20-31(28-27)19-22-7-5-4-6-8-22)13-14-26(32)30-17-15-25(16-18-30)29(2)35(3,33)34/h4-14,20,25H,15-19H2,1-3H3/b14-13+. The van der Waals surface area contributed by atoms with Crippen LogP contribution in [0.1, 0.15) is 29.5 Å². The first-order valence-corrected chi connectivity index (χ1v) is 13.6. The Morgan fingerprint density at radius 1 is 1.09 bits per heavy atom. The van der Waals surface area contributed by atoms with Crippen molar-refractivity contribution in [2.75, 3.05) is 26.4 Å². The summed E-state index contributed by atoms with van der Waals surface area (Å²) in [7, 11) is -1.63. The molecule has 2 aromatic carbocycles. The van der Waals surface area contributed by atoms with E-state index in [-0.39, 0.29) is 11.9 Å². The van der Waals surface area contributed by atoms with Gasteiger partial charge in [-0.05, 0) is 31.4 Å². The van der Waals surface area contributed by atoms with Gasteiger partial charge in [0.1, 0.15) is 0 Å². The van der Waals surface area contributed by atoms with Gasteiger partial charge in [0.05, 0.1) is 18.5 Å². The summed E-state index contributed by atoms with van der Waals surface area (Å²) in [6, 6.07) is 18.3. The molecule has 4 rings (SSSR count). The fraction of sp³-hybridized carbons (Fsp3) is 0.333. The topological polar surface area (TPSA) is 75.5 Å². The van der Waals surface area contributed by atoms with Crippen LogP contribution in [0.4, 0.5) is 0 Å². The van der Waals surface area contributed by atoms with E-state index in [1.54, 1.807) is 18.0 Å². The molecule has 35 heavy (non-hydrogen) atoms. The predicted molar refractivity (Wildman–Crippen MR) is 139 cm³/mol. The maximum Gasteiger partial charge on any atom is 0.246 e. The number of amides is 1. The third kappa shape index (κ3) is 6.26. The zero-order chi connectivity index (χ0) is 25.0. The van der Waals surface area contributed by atoms with E-state index >= 15 is 0 Å². The number of likely N-dealkylation sites (tertiary alicyclic amines) is 1. The van der Waals surface area contributed by atoms with Crippen LogP contribution in [0, 0.1) is 6.92 Å². The summed E-state index contributed by atoms with van der Waals surface area (Å²) < 4.78 is 27.0. The number of rotatable bonds is 7. The summed E-state index contributed by atoms with van der Waals surface area (Å²) in [4.78, 5) is 14.7. The molecule has 0 atom stereocenters. The van der Waals surface area contributed by atoms with Crippen LogP contribution in [-0.2, 0) is 21.4 Å². The van der Waals surface area contributed by atoms with Crippen LogP contribution in [-0.4, -0.2) is 65.7 Å². The lowest BCUT2D eigenvalue weighted by atomic mass is 10.0. The van der Waals surface area contributed by atoms with E-state index in [0.717, 1.165) is 22.4 Å². The number of hydrogen-bond acceptors (Lipinski definition) is 4. The third-order valence-electron chi connectivity index (χ3n) is 6.52. The molecule has 184 valence electrons. The number of sulfonamides is 1. The molecule has 1 aliphatic heterocycles. The average molecular weight is 493 g/mol. The van der Waals surface area contributed by atoms with Crippen molar-refractivity contribution in [3.63, 3.8) is 0 Å². The number of nitrogens with zero attached hydrogens (tertiary/aromatic N) is 4. The summed E-state index contributed by atoms with van der Waals surface area (Å²) in [5.74, 6) is -0.0730. The molecule has 1 aliphatic rings. The highest BCUT2D eigenvalue weighted by atomic mass is 32.2. The first-order valence-electron chi connectivity index (χ1n) is 11.8.